The Kier molecular flexibility index (Phi) is 6.36. The molecule has 2 aromatic heterocycles. The Bertz CT molecular complexity index is 2820. The summed E-state index contributed by atoms with van der Waals surface area (Å²) < 4.78 is 2.63. The average Bonchev–Trinajstić information content (AvgIpc) is 3.57. The van der Waals surface area contributed by atoms with Crippen LogP contribution in [0, 0.1) is 0 Å². The van der Waals surface area contributed by atoms with Crippen LogP contribution in [0.3, 0.4) is 0 Å². The minimum atomic E-state index is 0.656. The molecule has 228 valence electrons. The molecule has 0 saturated carbocycles. The van der Waals surface area contributed by atoms with E-state index in [2.05, 4.69) is 103 Å². The molecule has 0 radical (unpaired) electrons. The largest absolute Gasteiger partial charge is 0.208 e. The van der Waals surface area contributed by atoms with Crippen LogP contribution in [0.25, 0.3) is 97.8 Å². The Labute approximate surface area is 286 Å². The molecular weight excluding hydrogens is 615 g/mol. The van der Waals surface area contributed by atoms with E-state index in [0.717, 1.165) is 16.7 Å². The maximum absolute atomic E-state index is 5.03. The standard InChI is InChI=1S/C45H27N3S/c1-3-12-28(13-4-1)43-46-44(29-14-5-2-6-15-29)48-45(47-43)31-23-25-36-38-26-30(22-24-35(38)33-16-7-8-17-34(33)39(36)27-31)32-19-11-21-41-42(32)37-18-9-10-20-40(37)49-41/h1-27H. The lowest BCUT2D eigenvalue weighted by Gasteiger charge is -2.14. The molecule has 4 heteroatoms. The quantitative estimate of drug-likeness (QED) is 0.180. The number of nitrogens with zero attached hydrogens (tertiary/aromatic N) is 3. The van der Waals surface area contributed by atoms with Crippen molar-refractivity contribution >= 4 is 63.8 Å². The lowest BCUT2D eigenvalue weighted by Crippen LogP contribution is -2.00. The van der Waals surface area contributed by atoms with Crippen LogP contribution in [-0.2, 0) is 0 Å². The van der Waals surface area contributed by atoms with E-state index < -0.39 is 0 Å². The van der Waals surface area contributed by atoms with E-state index in [1.807, 2.05) is 72.0 Å². The van der Waals surface area contributed by atoms with Crippen LogP contribution in [0.15, 0.2) is 164 Å². The van der Waals surface area contributed by atoms with E-state index in [1.54, 1.807) is 0 Å². The molecule has 0 unspecified atom stereocenters. The van der Waals surface area contributed by atoms with Gasteiger partial charge in [0.15, 0.2) is 17.5 Å². The molecule has 10 rings (SSSR count). The fraction of sp³-hybridized carbons (Fsp3) is 0. The van der Waals surface area contributed by atoms with Gasteiger partial charge in [0, 0.05) is 36.9 Å². The van der Waals surface area contributed by atoms with Crippen LogP contribution < -0.4 is 0 Å². The first-order valence-electron chi connectivity index (χ1n) is 16.4. The number of thiophene rings is 1. The molecule has 3 nitrogen and oxygen atoms in total. The number of aromatic nitrogens is 3. The summed E-state index contributed by atoms with van der Waals surface area (Å²) in [6.45, 7) is 0. The van der Waals surface area contributed by atoms with Crippen LogP contribution in [0.4, 0.5) is 0 Å². The SMILES string of the molecule is c1ccc(-c2nc(-c3ccccc3)nc(-c3ccc4c(c3)c3ccccc3c3ccc(-c5cccc6sc7ccccc7c56)cc34)n2)cc1. The third kappa shape index (κ3) is 4.61. The summed E-state index contributed by atoms with van der Waals surface area (Å²) in [5.41, 5.74) is 5.36. The molecule has 0 bridgehead atoms. The van der Waals surface area contributed by atoms with Crippen LogP contribution in [0.1, 0.15) is 0 Å². The molecule has 0 aliphatic rings. The first-order valence-corrected chi connectivity index (χ1v) is 17.3. The smallest absolute Gasteiger partial charge is 0.164 e. The molecule has 0 spiro atoms. The van der Waals surface area contributed by atoms with Gasteiger partial charge in [0.05, 0.1) is 0 Å². The second kappa shape index (κ2) is 11.2. The lowest BCUT2D eigenvalue weighted by atomic mass is 9.90. The highest BCUT2D eigenvalue weighted by Gasteiger charge is 2.16. The summed E-state index contributed by atoms with van der Waals surface area (Å²) in [7, 11) is 0. The summed E-state index contributed by atoms with van der Waals surface area (Å²) in [4.78, 5) is 15.0. The fourth-order valence-electron chi connectivity index (χ4n) is 7.22. The second-order valence-corrected chi connectivity index (χ2v) is 13.5. The number of benzene rings is 8. The van der Waals surface area contributed by atoms with Gasteiger partial charge >= 0.3 is 0 Å². The first-order chi connectivity index (χ1) is 24.3. The first kappa shape index (κ1) is 27.8. The predicted molar refractivity (Wildman–Crippen MR) is 207 cm³/mol. The molecule has 0 fully saturated rings. The molecule has 0 aliphatic heterocycles. The summed E-state index contributed by atoms with van der Waals surface area (Å²) in [5, 5.41) is 9.97. The normalized spacial score (nSPS) is 11.7. The van der Waals surface area contributed by atoms with Gasteiger partial charge in [0.1, 0.15) is 0 Å². The summed E-state index contributed by atoms with van der Waals surface area (Å²) in [6, 6.07) is 58.1. The van der Waals surface area contributed by atoms with E-state index in [4.69, 9.17) is 15.0 Å². The summed E-state index contributed by atoms with van der Waals surface area (Å²) >= 11 is 1.86. The van der Waals surface area contributed by atoms with Crippen LogP contribution in [-0.4, -0.2) is 15.0 Å². The molecule has 10 aromatic rings. The zero-order valence-electron chi connectivity index (χ0n) is 26.3. The van der Waals surface area contributed by atoms with Gasteiger partial charge in [-0.15, -0.1) is 11.3 Å². The molecule has 0 atom stereocenters. The van der Waals surface area contributed by atoms with Crippen molar-refractivity contribution in [1.82, 2.24) is 15.0 Å². The van der Waals surface area contributed by atoms with Crippen LogP contribution >= 0.6 is 11.3 Å². The topological polar surface area (TPSA) is 38.7 Å². The number of fused-ring (bicyclic) bond motifs is 9. The highest BCUT2D eigenvalue weighted by Crippen LogP contribution is 2.43. The Hall–Kier alpha value is -6.23. The molecule has 8 aromatic carbocycles. The number of rotatable bonds is 4. The zero-order valence-corrected chi connectivity index (χ0v) is 27.2. The highest BCUT2D eigenvalue weighted by atomic mass is 32.1. The van der Waals surface area contributed by atoms with E-state index in [-0.39, 0.29) is 0 Å². The van der Waals surface area contributed by atoms with Crippen molar-refractivity contribution in [3.05, 3.63) is 164 Å². The van der Waals surface area contributed by atoms with Crippen LogP contribution in [0.2, 0.25) is 0 Å². The Balaban J connectivity index is 1.21. The maximum Gasteiger partial charge on any atom is 0.164 e. The van der Waals surface area contributed by atoms with Gasteiger partial charge in [-0.05, 0) is 67.7 Å². The molecule has 2 heterocycles. The van der Waals surface area contributed by atoms with Crippen molar-refractivity contribution in [2.45, 2.75) is 0 Å². The Morgan fingerprint density at radius 1 is 0.306 bits per heavy atom. The number of hydrogen-bond acceptors (Lipinski definition) is 4. The van der Waals surface area contributed by atoms with E-state index in [9.17, 15) is 0 Å². The molecule has 49 heavy (non-hydrogen) atoms. The second-order valence-electron chi connectivity index (χ2n) is 12.4. The average molecular weight is 642 g/mol. The van der Waals surface area contributed by atoms with Gasteiger partial charge in [-0.3, -0.25) is 0 Å². The van der Waals surface area contributed by atoms with Gasteiger partial charge in [0.2, 0.25) is 0 Å². The molecule has 0 N–H and O–H groups in total. The monoisotopic (exact) mass is 641 g/mol. The van der Waals surface area contributed by atoms with Crippen LogP contribution in [0.5, 0.6) is 0 Å². The molecular formula is C45H27N3S. The van der Waals surface area contributed by atoms with E-state index in [1.165, 1.54) is 63.6 Å². The van der Waals surface area contributed by atoms with Crippen molar-refractivity contribution in [1.29, 1.82) is 0 Å². The third-order valence-electron chi connectivity index (χ3n) is 9.51. The van der Waals surface area contributed by atoms with Crippen molar-refractivity contribution in [3.63, 3.8) is 0 Å². The fourth-order valence-corrected chi connectivity index (χ4v) is 8.35. The predicted octanol–water partition coefficient (Wildman–Crippen LogP) is 12.4. The van der Waals surface area contributed by atoms with Gasteiger partial charge in [0.25, 0.3) is 0 Å². The molecule has 0 amide bonds. The zero-order chi connectivity index (χ0) is 32.3. The Morgan fingerprint density at radius 2 is 0.776 bits per heavy atom. The van der Waals surface area contributed by atoms with E-state index >= 15 is 0 Å². The Morgan fingerprint density at radius 3 is 1.45 bits per heavy atom. The summed E-state index contributed by atoms with van der Waals surface area (Å²) in [6.07, 6.45) is 0. The van der Waals surface area contributed by atoms with Crippen molar-refractivity contribution in [3.8, 4) is 45.3 Å². The van der Waals surface area contributed by atoms with Crippen molar-refractivity contribution < 1.29 is 0 Å². The maximum atomic E-state index is 5.03. The van der Waals surface area contributed by atoms with Gasteiger partial charge < -0.3 is 0 Å². The van der Waals surface area contributed by atoms with Gasteiger partial charge in [-0.25, -0.2) is 15.0 Å². The van der Waals surface area contributed by atoms with Crippen molar-refractivity contribution in [2.24, 2.45) is 0 Å². The third-order valence-corrected chi connectivity index (χ3v) is 10.6. The highest BCUT2D eigenvalue weighted by molar-refractivity contribution is 7.25. The molecule has 0 aliphatic carbocycles. The van der Waals surface area contributed by atoms with Gasteiger partial charge in [-0.1, -0.05) is 140 Å². The molecule has 0 saturated heterocycles. The van der Waals surface area contributed by atoms with Gasteiger partial charge in [-0.2, -0.15) is 0 Å². The lowest BCUT2D eigenvalue weighted by molar-refractivity contribution is 1.07. The van der Waals surface area contributed by atoms with E-state index in [0.29, 0.717) is 17.5 Å². The minimum Gasteiger partial charge on any atom is -0.208 e. The van der Waals surface area contributed by atoms with Crippen molar-refractivity contribution in [2.75, 3.05) is 0 Å². The minimum absolute atomic E-state index is 0.656. The number of hydrogen-bond donors (Lipinski definition) is 0. The summed E-state index contributed by atoms with van der Waals surface area (Å²) in [5.74, 6) is 1.98.